The van der Waals surface area contributed by atoms with Crippen molar-refractivity contribution in [2.24, 2.45) is 5.92 Å². The summed E-state index contributed by atoms with van der Waals surface area (Å²) < 4.78 is 0. The van der Waals surface area contributed by atoms with Crippen molar-refractivity contribution >= 4 is 35.3 Å². The third-order valence-electron chi connectivity index (χ3n) is 3.95. The third kappa shape index (κ3) is 9.96. The normalized spacial score (nSPS) is 17.2. The van der Waals surface area contributed by atoms with Crippen LogP contribution in [0.25, 0.3) is 0 Å². The van der Waals surface area contributed by atoms with Gasteiger partial charge in [0.1, 0.15) is 0 Å². The molecule has 0 heterocycles. The second-order valence-electron chi connectivity index (χ2n) is 5.72. The second kappa shape index (κ2) is 14.1. The molecule has 1 aliphatic rings. The fourth-order valence-corrected chi connectivity index (χ4v) is 2.66. The van der Waals surface area contributed by atoms with E-state index in [1.807, 2.05) is 12.2 Å². The van der Waals surface area contributed by atoms with Crippen LogP contribution >= 0.6 is 0 Å². The summed E-state index contributed by atoms with van der Waals surface area (Å²) in [6, 6.07) is 0. The van der Waals surface area contributed by atoms with Crippen molar-refractivity contribution in [2.45, 2.75) is 77.6 Å². The van der Waals surface area contributed by atoms with Crippen molar-refractivity contribution in [3.8, 4) is 0 Å². The largest absolute Gasteiger partial charge is 0.294 e. The molecule has 1 nitrogen and oxygen atoms in total. The van der Waals surface area contributed by atoms with Gasteiger partial charge in [-0.05, 0) is 12.5 Å². The molecule has 0 aromatic rings. The first-order valence-electron chi connectivity index (χ1n) is 8.23. The molecule has 1 rings (SSSR count). The average molecular weight is 285 g/mol. The van der Waals surface area contributed by atoms with Crippen molar-refractivity contribution < 1.29 is 4.79 Å². The van der Waals surface area contributed by atoms with Crippen LogP contribution in [0.1, 0.15) is 77.6 Å². The molecular weight excluding hydrogens is 255 g/mol. The Kier molecular flexibility index (Phi) is 14.2. The zero-order valence-corrected chi connectivity index (χ0v) is 15.6. The molecule has 0 aromatic carbocycles. The van der Waals surface area contributed by atoms with E-state index >= 15 is 0 Å². The first-order valence-corrected chi connectivity index (χ1v) is 8.23. The molecule has 1 aliphatic carbocycles. The number of allylic oxidation sites excluding steroid dienone is 4. The van der Waals surface area contributed by atoms with Crippen LogP contribution in [0.15, 0.2) is 24.3 Å². The Labute approximate surface area is 147 Å². The van der Waals surface area contributed by atoms with Gasteiger partial charge in [-0.3, -0.25) is 4.79 Å². The fraction of sp³-hybridized carbons (Fsp3) is 0.722. The second-order valence-corrected chi connectivity index (χ2v) is 5.72. The van der Waals surface area contributed by atoms with E-state index in [-0.39, 0.29) is 35.5 Å². The van der Waals surface area contributed by atoms with Gasteiger partial charge in [0.2, 0.25) is 0 Å². The molecule has 0 bridgehead atoms. The van der Waals surface area contributed by atoms with Crippen LogP contribution in [0, 0.1) is 5.92 Å². The van der Waals surface area contributed by atoms with Gasteiger partial charge in [-0.1, -0.05) is 89.4 Å². The van der Waals surface area contributed by atoms with Crippen molar-refractivity contribution in [1.82, 2.24) is 0 Å². The number of rotatable bonds is 11. The minimum atomic E-state index is 0. The monoisotopic (exact) mass is 285 g/mol. The zero-order valence-electron chi connectivity index (χ0n) is 13.6. The summed E-state index contributed by atoms with van der Waals surface area (Å²) in [5, 5.41) is 0. The molecule has 0 fully saturated rings. The van der Waals surface area contributed by atoms with Crippen LogP contribution in [-0.2, 0) is 4.79 Å². The Hall–Kier alpha value is 0.150. The summed E-state index contributed by atoms with van der Waals surface area (Å²) in [7, 11) is 0. The minimum absolute atomic E-state index is 0. The molecule has 0 saturated heterocycles. The summed E-state index contributed by atoms with van der Waals surface area (Å²) in [6.07, 6.45) is 22.2. The molecule has 0 aromatic heterocycles. The number of ketones is 1. The predicted molar refractivity (Wildman–Crippen MR) is 89.0 cm³/mol. The number of unbranched alkanes of at least 4 members (excludes halogenated alkanes) is 9. The number of carbonyl (C=O) groups is 1. The van der Waals surface area contributed by atoms with E-state index in [0.29, 0.717) is 5.78 Å². The summed E-state index contributed by atoms with van der Waals surface area (Å²) in [5.41, 5.74) is 0. The van der Waals surface area contributed by atoms with Crippen LogP contribution < -0.4 is 0 Å². The van der Waals surface area contributed by atoms with E-state index in [9.17, 15) is 4.79 Å². The first-order chi connectivity index (χ1) is 9.34. The molecule has 0 N–H and O–H groups in total. The first kappa shape index (κ1) is 20.1. The Morgan fingerprint density at radius 3 is 1.95 bits per heavy atom. The Bertz CT molecular complexity index is 294. The van der Waals surface area contributed by atoms with Crippen LogP contribution in [-0.4, -0.2) is 35.3 Å². The standard InChI is InChI=1S/C18H30O.Na/c1-2-3-4-5-6-7-8-9-10-11-14-17-15-12-13-16-18(17)19;/h12-13,15-17H,2-11,14H2,1H3;. The Balaban J connectivity index is 0.00000361. The topological polar surface area (TPSA) is 17.1 Å². The van der Waals surface area contributed by atoms with Gasteiger partial charge in [0.05, 0.1) is 0 Å². The van der Waals surface area contributed by atoms with Gasteiger partial charge in [-0.25, -0.2) is 0 Å². The molecule has 0 amide bonds. The molecule has 1 radical (unpaired) electrons. The van der Waals surface area contributed by atoms with Gasteiger partial charge >= 0.3 is 0 Å². The molecule has 1 atom stereocenters. The molecular formula is C18H30NaO. The SMILES string of the molecule is CCCCCCCCCCCCC1C=CC=CC1=O.[Na]. The summed E-state index contributed by atoms with van der Waals surface area (Å²) in [6.45, 7) is 2.27. The van der Waals surface area contributed by atoms with Crippen LogP contribution in [0.5, 0.6) is 0 Å². The molecule has 1 unspecified atom stereocenters. The van der Waals surface area contributed by atoms with Gasteiger partial charge in [0, 0.05) is 35.5 Å². The van der Waals surface area contributed by atoms with Crippen LogP contribution in [0.3, 0.4) is 0 Å². The van der Waals surface area contributed by atoms with Crippen molar-refractivity contribution in [2.75, 3.05) is 0 Å². The van der Waals surface area contributed by atoms with Gasteiger partial charge in [0.25, 0.3) is 0 Å². The summed E-state index contributed by atoms with van der Waals surface area (Å²) >= 11 is 0. The zero-order chi connectivity index (χ0) is 13.8. The van der Waals surface area contributed by atoms with E-state index in [0.717, 1.165) is 6.42 Å². The quantitative estimate of drug-likeness (QED) is 0.375. The number of hydrogen-bond donors (Lipinski definition) is 0. The van der Waals surface area contributed by atoms with Crippen LogP contribution in [0.2, 0.25) is 0 Å². The summed E-state index contributed by atoms with van der Waals surface area (Å²) in [5.74, 6) is 0.456. The smallest absolute Gasteiger partial charge is 0.162 e. The number of hydrogen-bond acceptors (Lipinski definition) is 1. The van der Waals surface area contributed by atoms with Crippen LogP contribution in [0.4, 0.5) is 0 Å². The van der Waals surface area contributed by atoms with Gasteiger partial charge in [0.15, 0.2) is 5.78 Å². The number of carbonyl (C=O) groups excluding carboxylic acids is 1. The van der Waals surface area contributed by atoms with E-state index in [2.05, 4.69) is 13.0 Å². The van der Waals surface area contributed by atoms with Gasteiger partial charge in [-0.15, -0.1) is 0 Å². The third-order valence-corrected chi connectivity index (χ3v) is 3.95. The van der Waals surface area contributed by atoms with Gasteiger partial charge < -0.3 is 0 Å². The maximum Gasteiger partial charge on any atom is 0.162 e. The Morgan fingerprint density at radius 1 is 0.850 bits per heavy atom. The average Bonchev–Trinajstić information content (AvgIpc) is 2.43. The van der Waals surface area contributed by atoms with Crippen molar-refractivity contribution in [1.29, 1.82) is 0 Å². The molecule has 0 spiro atoms. The predicted octanol–water partition coefficient (Wildman–Crippen LogP) is 5.23. The summed E-state index contributed by atoms with van der Waals surface area (Å²) in [4.78, 5) is 11.5. The Morgan fingerprint density at radius 2 is 1.40 bits per heavy atom. The molecule has 0 saturated carbocycles. The van der Waals surface area contributed by atoms with Crippen molar-refractivity contribution in [3.05, 3.63) is 24.3 Å². The van der Waals surface area contributed by atoms with E-state index in [4.69, 9.17) is 0 Å². The van der Waals surface area contributed by atoms with Gasteiger partial charge in [-0.2, -0.15) is 0 Å². The molecule has 0 aliphatic heterocycles. The maximum absolute atomic E-state index is 11.5. The van der Waals surface area contributed by atoms with Crippen molar-refractivity contribution in [3.63, 3.8) is 0 Å². The van der Waals surface area contributed by atoms with E-state index in [1.165, 1.54) is 64.2 Å². The minimum Gasteiger partial charge on any atom is -0.294 e. The van der Waals surface area contributed by atoms with E-state index < -0.39 is 0 Å². The molecule has 20 heavy (non-hydrogen) atoms. The fourth-order valence-electron chi connectivity index (χ4n) is 2.66. The molecule has 2 heteroatoms. The van der Waals surface area contributed by atoms with E-state index in [1.54, 1.807) is 6.08 Å². The maximum atomic E-state index is 11.5. The molecule has 109 valence electrons.